The predicted molar refractivity (Wildman–Crippen MR) is 85.9 cm³/mol. The molecule has 0 aliphatic heterocycles. The van der Waals surface area contributed by atoms with Gasteiger partial charge in [0.1, 0.15) is 0 Å². The Labute approximate surface area is 130 Å². The summed E-state index contributed by atoms with van der Waals surface area (Å²) in [6.45, 7) is 3.67. The second kappa shape index (κ2) is 7.55. The van der Waals surface area contributed by atoms with Crippen LogP contribution in [0.3, 0.4) is 0 Å². The minimum atomic E-state index is -0.774. The van der Waals surface area contributed by atoms with Crippen molar-refractivity contribution in [3.63, 3.8) is 0 Å². The van der Waals surface area contributed by atoms with Crippen LogP contribution in [0.5, 0.6) is 0 Å². The molecule has 0 aliphatic rings. The van der Waals surface area contributed by atoms with Gasteiger partial charge in [-0.25, -0.2) is 0 Å². The van der Waals surface area contributed by atoms with Crippen LogP contribution in [0, 0.1) is 0 Å². The van der Waals surface area contributed by atoms with Crippen LogP contribution in [-0.2, 0) is 22.4 Å². The Morgan fingerprint density at radius 3 is 2.18 bits per heavy atom. The highest BCUT2D eigenvalue weighted by atomic mass is 16.5. The van der Waals surface area contributed by atoms with Crippen molar-refractivity contribution in [2.75, 3.05) is 0 Å². The fourth-order valence-corrected chi connectivity index (χ4v) is 2.19. The van der Waals surface area contributed by atoms with Crippen LogP contribution in [-0.4, -0.2) is 17.9 Å². The third-order valence-electron chi connectivity index (χ3n) is 3.52. The highest BCUT2D eigenvalue weighted by Crippen LogP contribution is 2.10. The molecule has 1 unspecified atom stereocenters. The van der Waals surface area contributed by atoms with Gasteiger partial charge >= 0.3 is 5.97 Å². The maximum absolute atomic E-state index is 12.3. The third kappa shape index (κ3) is 4.29. The molecule has 2 rings (SSSR count). The lowest BCUT2D eigenvalue weighted by Gasteiger charge is -2.12. The Morgan fingerprint density at radius 1 is 0.955 bits per heavy atom. The standard InChI is InChI=1S/C19H20O3/c1-3-15-9-11-17(12-10-15)19(21)14(2)22-18(20)13-16-7-5-4-6-8-16/h4-12,14H,3,13H2,1-2H3. The minimum Gasteiger partial charge on any atom is -0.454 e. The fourth-order valence-electron chi connectivity index (χ4n) is 2.19. The first-order valence-corrected chi connectivity index (χ1v) is 7.46. The highest BCUT2D eigenvalue weighted by molar-refractivity contribution is 6.00. The van der Waals surface area contributed by atoms with Gasteiger partial charge < -0.3 is 4.74 Å². The Morgan fingerprint density at radius 2 is 1.59 bits per heavy atom. The molecular weight excluding hydrogens is 276 g/mol. The summed E-state index contributed by atoms with van der Waals surface area (Å²) in [6.07, 6.45) is 0.326. The van der Waals surface area contributed by atoms with E-state index in [1.807, 2.05) is 42.5 Å². The van der Waals surface area contributed by atoms with E-state index in [1.165, 1.54) is 5.56 Å². The van der Waals surface area contributed by atoms with Crippen LogP contribution in [0.15, 0.2) is 54.6 Å². The van der Waals surface area contributed by atoms with Crippen LogP contribution in [0.4, 0.5) is 0 Å². The van der Waals surface area contributed by atoms with Gasteiger partial charge in [0.2, 0.25) is 5.78 Å². The van der Waals surface area contributed by atoms with Crippen molar-refractivity contribution in [1.82, 2.24) is 0 Å². The summed E-state index contributed by atoms with van der Waals surface area (Å²) in [5.41, 5.74) is 2.61. The number of carbonyl (C=O) groups excluding carboxylic acids is 2. The van der Waals surface area contributed by atoms with E-state index in [1.54, 1.807) is 19.1 Å². The Bertz CT molecular complexity index is 629. The Balaban J connectivity index is 1.94. The smallest absolute Gasteiger partial charge is 0.310 e. The molecule has 0 fully saturated rings. The molecule has 0 radical (unpaired) electrons. The van der Waals surface area contributed by atoms with Gasteiger partial charge in [0.05, 0.1) is 6.42 Å². The fraction of sp³-hybridized carbons (Fsp3) is 0.263. The third-order valence-corrected chi connectivity index (χ3v) is 3.52. The number of carbonyl (C=O) groups is 2. The number of Topliss-reactive ketones (excluding diaryl/α,β-unsaturated/α-hetero) is 1. The lowest BCUT2D eigenvalue weighted by Crippen LogP contribution is -2.25. The number of hydrogen-bond acceptors (Lipinski definition) is 3. The van der Waals surface area contributed by atoms with Crippen molar-refractivity contribution in [3.05, 3.63) is 71.3 Å². The molecule has 1 atom stereocenters. The van der Waals surface area contributed by atoms with Gasteiger partial charge in [-0.15, -0.1) is 0 Å². The van der Waals surface area contributed by atoms with E-state index in [0.717, 1.165) is 12.0 Å². The average molecular weight is 296 g/mol. The van der Waals surface area contributed by atoms with Crippen LogP contribution in [0.2, 0.25) is 0 Å². The van der Waals surface area contributed by atoms with Crippen molar-refractivity contribution in [3.8, 4) is 0 Å². The molecule has 3 nitrogen and oxygen atoms in total. The van der Waals surface area contributed by atoms with Gasteiger partial charge in [-0.05, 0) is 24.5 Å². The van der Waals surface area contributed by atoms with Crippen molar-refractivity contribution in [2.24, 2.45) is 0 Å². The molecule has 114 valence electrons. The maximum Gasteiger partial charge on any atom is 0.310 e. The predicted octanol–water partition coefficient (Wildman–Crippen LogP) is 3.61. The monoisotopic (exact) mass is 296 g/mol. The molecule has 0 N–H and O–H groups in total. The molecule has 0 bridgehead atoms. The van der Waals surface area contributed by atoms with Gasteiger partial charge in [-0.3, -0.25) is 9.59 Å². The average Bonchev–Trinajstić information content (AvgIpc) is 2.55. The summed E-state index contributed by atoms with van der Waals surface area (Å²) in [5, 5.41) is 0. The first-order chi connectivity index (χ1) is 10.6. The van der Waals surface area contributed by atoms with Gasteiger partial charge in [0.15, 0.2) is 6.10 Å². The molecule has 0 amide bonds. The van der Waals surface area contributed by atoms with Crippen LogP contribution in [0.25, 0.3) is 0 Å². The van der Waals surface area contributed by atoms with Crippen molar-refractivity contribution in [2.45, 2.75) is 32.8 Å². The number of hydrogen-bond donors (Lipinski definition) is 0. The Kier molecular flexibility index (Phi) is 5.48. The second-order valence-electron chi connectivity index (χ2n) is 5.21. The highest BCUT2D eigenvalue weighted by Gasteiger charge is 2.19. The van der Waals surface area contributed by atoms with E-state index in [0.29, 0.717) is 5.56 Å². The van der Waals surface area contributed by atoms with E-state index in [9.17, 15) is 9.59 Å². The summed E-state index contributed by atoms with van der Waals surface area (Å²) >= 11 is 0. The van der Waals surface area contributed by atoms with Gasteiger partial charge in [0, 0.05) is 5.56 Å². The summed E-state index contributed by atoms with van der Waals surface area (Å²) in [7, 11) is 0. The van der Waals surface area contributed by atoms with E-state index >= 15 is 0 Å². The zero-order valence-electron chi connectivity index (χ0n) is 12.9. The molecule has 2 aromatic carbocycles. The molecular formula is C19H20O3. The SMILES string of the molecule is CCc1ccc(C(=O)C(C)OC(=O)Cc2ccccc2)cc1. The summed E-state index contributed by atoms with van der Waals surface area (Å²) in [5.74, 6) is -0.568. The van der Waals surface area contributed by atoms with E-state index in [4.69, 9.17) is 4.74 Å². The summed E-state index contributed by atoms with van der Waals surface area (Å²) < 4.78 is 5.24. The Hall–Kier alpha value is -2.42. The van der Waals surface area contributed by atoms with Crippen molar-refractivity contribution < 1.29 is 14.3 Å². The van der Waals surface area contributed by atoms with E-state index in [-0.39, 0.29) is 12.2 Å². The van der Waals surface area contributed by atoms with Crippen LogP contribution < -0.4 is 0 Å². The first kappa shape index (κ1) is 16.0. The van der Waals surface area contributed by atoms with Crippen molar-refractivity contribution >= 4 is 11.8 Å². The number of benzene rings is 2. The van der Waals surface area contributed by atoms with E-state index in [2.05, 4.69) is 6.92 Å². The van der Waals surface area contributed by atoms with Gasteiger partial charge in [-0.1, -0.05) is 61.5 Å². The molecule has 0 aliphatic carbocycles. The lowest BCUT2D eigenvalue weighted by atomic mass is 10.0. The molecule has 0 spiro atoms. The largest absolute Gasteiger partial charge is 0.454 e. The van der Waals surface area contributed by atoms with Crippen LogP contribution >= 0.6 is 0 Å². The van der Waals surface area contributed by atoms with Crippen LogP contribution in [0.1, 0.15) is 35.3 Å². The van der Waals surface area contributed by atoms with E-state index < -0.39 is 12.1 Å². The zero-order chi connectivity index (χ0) is 15.9. The quantitative estimate of drug-likeness (QED) is 0.604. The summed E-state index contributed by atoms with van der Waals surface area (Å²) in [6, 6.07) is 16.7. The number of ketones is 1. The van der Waals surface area contributed by atoms with Gasteiger partial charge in [0.25, 0.3) is 0 Å². The minimum absolute atomic E-state index is 0.174. The molecule has 0 aromatic heterocycles. The van der Waals surface area contributed by atoms with Gasteiger partial charge in [-0.2, -0.15) is 0 Å². The second-order valence-corrected chi connectivity index (χ2v) is 5.21. The number of esters is 1. The summed E-state index contributed by atoms with van der Waals surface area (Å²) in [4.78, 5) is 24.1. The van der Waals surface area contributed by atoms with Crippen molar-refractivity contribution in [1.29, 1.82) is 0 Å². The molecule has 0 heterocycles. The first-order valence-electron chi connectivity index (χ1n) is 7.46. The topological polar surface area (TPSA) is 43.4 Å². The molecule has 0 saturated carbocycles. The number of aryl methyl sites for hydroxylation is 1. The molecule has 3 heteroatoms. The maximum atomic E-state index is 12.3. The number of ether oxygens (including phenoxy) is 1. The normalized spacial score (nSPS) is 11.7. The molecule has 2 aromatic rings. The zero-order valence-corrected chi connectivity index (χ0v) is 12.9. The molecule has 22 heavy (non-hydrogen) atoms. The molecule has 0 saturated heterocycles. The lowest BCUT2D eigenvalue weighted by molar-refractivity contribution is -0.145. The number of rotatable bonds is 6.